The van der Waals surface area contributed by atoms with Crippen LogP contribution >= 0.6 is 0 Å². The van der Waals surface area contributed by atoms with Crippen LogP contribution in [-0.4, -0.2) is 57.8 Å². The molecule has 4 atom stereocenters. The van der Waals surface area contributed by atoms with Crippen LogP contribution in [0.3, 0.4) is 0 Å². The molecule has 2 aliphatic carbocycles. The van der Waals surface area contributed by atoms with E-state index >= 15 is 0 Å². The monoisotopic (exact) mass is 433 g/mol. The van der Waals surface area contributed by atoms with Crippen LogP contribution < -0.4 is 10.2 Å². The lowest BCUT2D eigenvalue weighted by molar-refractivity contribution is -0.175. The topological polar surface area (TPSA) is 93.1 Å². The normalized spacial score (nSPS) is 36.1. The summed E-state index contributed by atoms with van der Waals surface area (Å²) in [6.45, 7) is 0.780. The quantitative estimate of drug-likeness (QED) is 0.600. The minimum absolute atomic E-state index is 0.0666. The number of benzene rings is 2. The van der Waals surface area contributed by atoms with Crippen molar-refractivity contribution in [1.82, 2.24) is 10.2 Å². The lowest BCUT2D eigenvalue weighted by atomic mass is 9.46. The van der Waals surface area contributed by atoms with Gasteiger partial charge in [0.2, 0.25) is 0 Å². The highest BCUT2D eigenvalue weighted by Crippen LogP contribution is 2.61. The number of aliphatic hydroxyl groups is 1. The smallest absolute Gasteiger partial charge is 0.329 e. The third kappa shape index (κ3) is 2.33. The number of carbonyl (C=O) groups excluding carboxylic acids is 2. The van der Waals surface area contributed by atoms with Crippen molar-refractivity contribution < 1.29 is 19.8 Å². The van der Waals surface area contributed by atoms with Gasteiger partial charge in [0, 0.05) is 11.5 Å². The van der Waals surface area contributed by atoms with E-state index in [0.29, 0.717) is 37.8 Å². The molecule has 2 aliphatic heterocycles. The summed E-state index contributed by atoms with van der Waals surface area (Å²) >= 11 is 0. The zero-order chi connectivity index (χ0) is 22.3. The van der Waals surface area contributed by atoms with Crippen molar-refractivity contribution in [3.8, 4) is 5.75 Å². The first-order valence-electron chi connectivity index (χ1n) is 11.3. The van der Waals surface area contributed by atoms with Crippen molar-refractivity contribution in [2.24, 2.45) is 0 Å². The second-order valence-corrected chi connectivity index (χ2v) is 9.96. The molecule has 3 fully saturated rings. The van der Waals surface area contributed by atoms with E-state index in [9.17, 15) is 19.8 Å². The number of piperidine rings is 1. The molecule has 0 aromatic heterocycles. The number of para-hydroxylation sites is 1. The number of nitrogens with one attached hydrogen (secondary N) is 1. The summed E-state index contributed by atoms with van der Waals surface area (Å²) in [4.78, 5) is 30.2. The first kappa shape index (κ1) is 19.8. The molecule has 0 radical (unpaired) electrons. The number of hydrogen-bond donors (Lipinski definition) is 3. The van der Waals surface area contributed by atoms with Gasteiger partial charge in [-0.05, 0) is 81.1 Å². The van der Waals surface area contributed by atoms with Crippen LogP contribution in [0.4, 0.5) is 10.5 Å². The Morgan fingerprint density at radius 1 is 1.06 bits per heavy atom. The van der Waals surface area contributed by atoms with E-state index in [-0.39, 0.29) is 17.7 Å². The Kier molecular flexibility index (Phi) is 3.91. The summed E-state index contributed by atoms with van der Waals surface area (Å²) in [5.41, 5.74) is -0.254. The maximum atomic E-state index is 13.8. The molecule has 1 unspecified atom stereocenters. The zero-order valence-electron chi connectivity index (χ0n) is 18.0. The van der Waals surface area contributed by atoms with E-state index in [1.54, 1.807) is 36.4 Å². The van der Waals surface area contributed by atoms with Gasteiger partial charge in [0.1, 0.15) is 11.3 Å². The first-order chi connectivity index (χ1) is 15.3. The summed E-state index contributed by atoms with van der Waals surface area (Å²) in [5, 5.41) is 25.5. The van der Waals surface area contributed by atoms with Crippen LogP contribution in [-0.2, 0) is 16.6 Å². The molecule has 2 aromatic carbocycles. The standard InChI is InChI=1S/C25H27N3O4/c1-27-12-11-23-15-24(21(30)28(22(31)26-24)17-5-3-2-4-6-17)9-10-25(23,32)20(27)13-16-7-8-18(29)14-19(16)23/h2-8,14,20,29,32H,9-13,15H2,1H3,(H,26,31)/t20?,23-,24+,25-/m1/s1. The zero-order valence-corrected chi connectivity index (χ0v) is 18.0. The van der Waals surface area contributed by atoms with E-state index in [4.69, 9.17) is 0 Å². The highest BCUT2D eigenvalue weighted by atomic mass is 16.3. The van der Waals surface area contributed by atoms with E-state index in [2.05, 4.69) is 10.2 Å². The molecule has 2 aromatic rings. The number of likely N-dealkylation sites (tertiary alicyclic amines) is 1. The van der Waals surface area contributed by atoms with Gasteiger partial charge >= 0.3 is 6.03 Å². The summed E-state index contributed by atoms with van der Waals surface area (Å²) in [6, 6.07) is 13.9. The Bertz CT molecular complexity index is 1140. The molecular formula is C25H27N3O4. The van der Waals surface area contributed by atoms with E-state index in [1.807, 2.05) is 19.2 Å². The Morgan fingerprint density at radius 3 is 2.62 bits per heavy atom. The predicted molar refractivity (Wildman–Crippen MR) is 119 cm³/mol. The van der Waals surface area contributed by atoms with E-state index < -0.39 is 22.6 Å². The molecule has 4 aliphatic rings. The van der Waals surface area contributed by atoms with Crippen molar-refractivity contribution in [2.45, 2.75) is 54.7 Å². The second kappa shape index (κ2) is 6.33. The van der Waals surface area contributed by atoms with Crippen LogP contribution in [0.25, 0.3) is 0 Å². The van der Waals surface area contributed by atoms with Gasteiger partial charge < -0.3 is 20.4 Å². The number of urea groups is 1. The Labute approximate surface area is 186 Å². The third-order valence-corrected chi connectivity index (χ3v) is 8.54. The molecule has 3 N–H and O–H groups in total. The highest BCUT2D eigenvalue weighted by Gasteiger charge is 2.70. The van der Waals surface area contributed by atoms with Gasteiger partial charge in [-0.3, -0.25) is 4.79 Å². The number of amides is 3. The number of anilines is 1. The van der Waals surface area contributed by atoms with E-state index in [1.165, 1.54) is 4.90 Å². The second-order valence-electron chi connectivity index (χ2n) is 9.96. The number of rotatable bonds is 1. The van der Waals surface area contributed by atoms with Crippen molar-refractivity contribution in [1.29, 1.82) is 0 Å². The lowest BCUT2D eigenvalue weighted by Crippen LogP contribution is -2.75. The Hall–Kier alpha value is -2.90. The van der Waals surface area contributed by atoms with Crippen molar-refractivity contribution in [3.05, 3.63) is 59.7 Å². The molecule has 7 heteroatoms. The van der Waals surface area contributed by atoms with Crippen LogP contribution in [0.5, 0.6) is 5.75 Å². The first-order valence-corrected chi connectivity index (χ1v) is 11.3. The largest absolute Gasteiger partial charge is 0.508 e. The van der Waals surface area contributed by atoms with Gasteiger partial charge in [-0.1, -0.05) is 24.3 Å². The van der Waals surface area contributed by atoms with Gasteiger partial charge in [0.05, 0.1) is 11.3 Å². The van der Waals surface area contributed by atoms with Crippen molar-refractivity contribution >= 4 is 17.6 Å². The highest BCUT2D eigenvalue weighted by molar-refractivity contribution is 6.23. The van der Waals surface area contributed by atoms with Gasteiger partial charge in [-0.15, -0.1) is 0 Å². The molecule has 2 bridgehead atoms. The molecule has 166 valence electrons. The minimum atomic E-state index is -1.07. The van der Waals surface area contributed by atoms with Crippen LogP contribution in [0.1, 0.15) is 36.8 Å². The summed E-state index contributed by atoms with van der Waals surface area (Å²) in [7, 11) is 2.04. The van der Waals surface area contributed by atoms with Crippen LogP contribution in [0.15, 0.2) is 48.5 Å². The average Bonchev–Trinajstić information content (AvgIpc) is 3.01. The maximum Gasteiger partial charge on any atom is 0.329 e. The predicted octanol–water partition coefficient (Wildman–Crippen LogP) is 2.30. The maximum absolute atomic E-state index is 13.8. The number of aromatic hydroxyl groups is 1. The Morgan fingerprint density at radius 2 is 1.84 bits per heavy atom. The molecule has 2 saturated heterocycles. The Balaban J connectivity index is 1.49. The van der Waals surface area contributed by atoms with Crippen LogP contribution in [0, 0.1) is 0 Å². The molecule has 3 amide bonds. The fourth-order valence-electron chi connectivity index (χ4n) is 6.98. The SMILES string of the molecule is CN1CC[C@]23C[C@]4(CC[C@@]2(O)C1Cc1ccc(O)cc13)NC(=O)N(c1ccccc1)C4=O. The molecule has 1 spiro atoms. The van der Waals surface area contributed by atoms with E-state index in [0.717, 1.165) is 17.7 Å². The van der Waals surface area contributed by atoms with Gasteiger partial charge in [-0.2, -0.15) is 0 Å². The third-order valence-electron chi connectivity index (χ3n) is 8.54. The number of phenols is 1. The fraction of sp³-hybridized carbons (Fsp3) is 0.440. The number of carbonyl (C=O) groups is 2. The lowest BCUT2D eigenvalue weighted by Gasteiger charge is -2.65. The van der Waals surface area contributed by atoms with Crippen molar-refractivity contribution in [3.63, 3.8) is 0 Å². The molecule has 2 heterocycles. The molecule has 1 saturated carbocycles. The fourth-order valence-corrected chi connectivity index (χ4v) is 6.98. The summed E-state index contributed by atoms with van der Waals surface area (Å²) in [6.07, 6.45) is 2.48. The van der Waals surface area contributed by atoms with Crippen LogP contribution in [0.2, 0.25) is 0 Å². The summed E-state index contributed by atoms with van der Waals surface area (Å²) < 4.78 is 0. The number of fused-ring (bicyclic) bond motifs is 1. The number of hydrogen-bond acceptors (Lipinski definition) is 5. The average molecular weight is 434 g/mol. The summed E-state index contributed by atoms with van der Waals surface area (Å²) in [5.74, 6) is -0.0990. The molecule has 32 heavy (non-hydrogen) atoms. The molecule has 7 nitrogen and oxygen atoms in total. The van der Waals surface area contributed by atoms with Gasteiger partial charge in [0.15, 0.2) is 0 Å². The molecular weight excluding hydrogens is 406 g/mol. The minimum Gasteiger partial charge on any atom is -0.508 e. The van der Waals surface area contributed by atoms with Gasteiger partial charge in [0.25, 0.3) is 5.91 Å². The number of imide groups is 1. The number of nitrogens with zero attached hydrogens (tertiary/aromatic N) is 2. The van der Waals surface area contributed by atoms with Gasteiger partial charge in [-0.25, -0.2) is 9.69 Å². The molecule has 6 rings (SSSR count). The number of phenolic OH excluding ortho intramolecular Hbond substituents is 1. The van der Waals surface area contributed by atoms with Crippen molar-refractivity contribution in [2.75, 3.05) is 18.5 Å². The number of likely N-dealkylation sites (N-methyl/N-ethyl adjacent to an activating group) is 1.